The van der Waals surface area contributed by atoms with Gasteiger partial charge in [-0.1, -0.05) is 13.8 Å². The minimum Gasteiger partial charge on any atom is -0.324 e. The molecule has 0 aromatic rings. The van der Waals surface area contributed by atoms with E-state index in [4.69, 9.17) is 5.73 Å². The van der Waals surface area contributed by atoms with E-state index in [1.807, 2.05) is 0 Å². The molecule has 0 bridgehead atoms. The zero-order chi connectivity index (χ0) is 8.65. The van der Waals surface area contributed by atoms with E-state index in [-0.39, 0.29) is 5.54 Å². The molecule has 1 fully saturated rings. The van der Waals surface area contributed by atoms with Gasteiger partial charge in [-0.3, -0.25) is 4.90 Å². The number of hydrogen-bond acceptors (Lipinski definition) is 2. The molecule has 11 heavy (non-hydrogen) atoms. The Labute approximate surface area is 69.8 Å². The van der Waals surface area contributed by atoms with Crippen LogP contribution in [0.1, 0.15) is 27.7 Å². The fourth-order valence-corrected chi connectivity index (χ4v) is 1.91. The van der Waals surface area contributed by atoms with Gasteiger partial charge in [0, 0.05) is 18.1 Å². The Morgan fingerprint density at radius 3 is 2.27 bits per heavy atom. The van der Waals surface area contributed by atoms with E-state index in [1.54, 1.807) is 0 Å². The van der Waals surface area contributed by atoms with Crippen molar-refractivity contribution in [2.45, 2.75) is 39.3 Å². The fourth-order valence-electron chi connectivity index (χ4n) is 1.91. The van der Waals surface area contributed by atoms with E-state index in [9.17, 15) is 0 Å². The SMILES string of the molecule is CCN1C[C@@H](C)[C@](C)(N)C1C. The Balaban J connectivity index is 2.71. The van der Waals surface area contributed by atoms with Crippen molar-refractivity contribution in [3.8, 4) is 0 Å². The average molecular weight is 156 g/mol. The molecule has 3 atom stereocenters. The number of nitrogens with two attached hydrogens (primary N) is 1. The largest absolute Gasteiger partial charge is 0.324 e. The van der Waals surface area contributed by atoms with E-state index in [0.29, 0.717) is 12.0 Å². The second kappa shape index (κ2) is 2.76. The lowest BCUT2D eigenvalue weighted by Crippen LogP contribution is -2.50. The molecule has 1 aliphatic rings. The summed E-state index contributed by atoms with van der Waals surface area (Å²) < 4.78 is 0. The third-order valence-corrected chi connectivity index (χ3v) is 3.42. The molecule has 2 nitrogen and oxygen atoms in total. The summed E-state index contributed by atoms with van der Waals surface area (Å²) in [5, 5.41) is 0. The molecule has 0 aliphatic carbocycles. The average Bonchev–Trinajstić information content (AvgIpc) is 2.14. The second-order valence-corrected chi connectivity index (χ2v) is 4.03. The monoisotopic (exact) mass is 156 g/mol. The minimum atomic E-state index is 0.00993. The summed E-state index contributed by atoms with van der Waals surface area (Å²) >= 11 is 0. The van der Waals surface area contributed by atoms with Gasteiger partial charge < -0.3 is 5.73 Å². The number of likely N-dealkylation sites (tertiary alicyclic amines) is 1. The maximum Gasteiger partial charge on any atom is 0.0319 e. The van der Waals surface area contributed by atoms with Crippen molar-refractivity contribution in [3.05, 3.63) is 0 Å². The Hall–Kier alpha value is -0.0800. The summed E-state index contributed by atoms with van der Waals surface area (Å²) in [5.74, 6) is 0.623. The molecule has 0 aromatic heterocycles. The molecule has 1 heterocycles. The highest BCUT2D eigenvalue weighted by atomic mass is 15.2. The molecule has 0 saturated carbocycles. The van der Waals surface area contributed by atoms with Gasteiger partial charge in [-0.15, -0.1) is 0 Å². The summed E-state index contributed by atoms with van der Waals surface area (Å²) in [4.78, 5) is 2.45. The zero-order valence-corrected chi connectivity index (χ0v) is 8.09. The van der Waals surface area contributed by atoms with Crippen LogP contribution in [0, 0.1) is 5.92 Å². The van der Waals surface area contributed by atoms with Crippen LogP contribution in [-0.4, -0.2) is 29.6 Å². The summed E-state index contributed by atoms with van der Waals surface area (Å²) in [5.41, 5.74) is 6.20. The van der Waals surface area contributed by atoms with Gasteiger partial charge >= 0.3 is 0 Å². The van der Waals surface area contributed by atoms with Crippen molar-refractivity contribution in [3.63, 3.8) is 0 Å². The summed E-state index contributed by atoms with van der Waals surface area (Å²) in [6.07, 6.45) is 0. The molecule has 66 valence electrons. The van der Waals surface area contributed by atoms with E-state index in [2.05, 4.69) is 32.6 Å². The highest BCUT2D eigenvalue weighted by molar-refractivity contribution is 5.01. The van der Waals surface area contributed by atoms with E-state index in [0.717, 1.165) is 13.1 Å². The topological polar surface area (TPSA) is 29.3 Å². The van der Waals surface area contributed by atoms with Crippen molar-refractivity contribution in [2.24, 2.45) is 11.7 Å². The Morgan fingerprint density at radius 1 is 1.55 bits per heavy atom. The van der Waals surface area contributed by atoms with Crippen LogP contribution in [0.25, 0.3) is 0 Å². The third-order valence-electron chi connectivity index (χ3n) is 3.42. The molecule has 1 saturated heterocycles. The number of likely N-dealkylation sites (N-methyl/N-ethyl adjacent to an activating group) is 1. The van der Waals surface area contributed by atoms with Gasteiger partial charge in [-0.25, -0.2) is 0 Å². The maximum atomic E-state index is 6.19. The Kier molecular flexibility index (Phi) is 2.26. The van der Waals surface area contributed by atoms with Gasteiger partial charge in [0.1, 0.15) is 0 Å². The van der Waals surface area contributed by atoms with Crippen LogP contribution >= 0.6 is 0 Å². The van der Waals surface area contributed by atoms with Crippen LogP contribution in [-0.2, 0) is 0 Å². The van der Waals surface area contributed by atoms with Crippen LogP contribution in [0.2, 0.25) is 0 Å². The molecular weight excluding hydrogens is 136 g/mol. The second-order valence-electron chi connectivity index (χ2n) is 4.03. The lowest BCUT2D eigenvalue weighted by atomic mass is 9.87. The van der Waals surface area contributed by atoms with Gasteiger partial charge in [0.05, 0.1) is 0 Å². The molecule has 0 aromatic carbocycles. The van der Waals surface area contributed by atoms with E-state index >= 15 is 0 Å². The summed E-state index contributed by atoms with van der Waals surface area (Å²) in [7, 11) is 0. The van der Waals surface area contributed by atoms with Gasteiger partial charge in [-0.2, -0.15) is 0 Å². The Bertz CT molecular complexity index is 142. The molecule has 0 amide bonds. The molecule has 1 aliphatic heterocycles. The van der Waals surface area contributed by atoms with Gasteiger partial charge in [0.15, 0.2) is 0 Å². The normalized spacial score (nSPS) is 46.6. The number of hydrogen-bond donors (Lipinski definition) is 1. The third kappa shape index (κ3) is 1.30. The fraction of sp³-hybridized carbons (Fsp3) is 1.00. The smallest absolute Gasteiger partial charge is 0.0319 e. The van der Waals surface area contributed by atoms with Crippen LogP contribution < -0.4 is 5.73 Å². The predicted octanol–water partition coefficient (Wildman–Crippen LogP) is 1.06. The quantitative estimate of drug-likeness (QED) is 0.615. The van der Waals surface area contributed by atoms with Crippen LogP contribution in [0.5, 0.6) is 0 Å². The number of rotatable bonds is 1. The first-order valence-electron chi connectivity index (χ1n) is 4.53. The van der Waals surface area contributed by atoms with Crippen LogP contribution in [0.15, 0.2) is 0 Å². The van der Waals surface area contributed by atoms with Gasteiger partial charge in [-0.05, 0) is 26.3 Å². The zero-order valence-electron chi connectivity index (χ0n) is 8.09. The van der Waals surface area contributed by atoms with Gasteiger partial charge in [0.25, 0.3) is 0 Å². The van der Waals surface area contributed by atoms with Crippen LogP contribution in [0.3, 0.4) is 0 Å². The predicted molar refractivity (Wildman–Crippen MR) is 48.5 cm³/mol. The lowest BCUT2D eigenvalue weighted by molar-refractivity contribution is 0.240. The molecule has 0 spiro atoms. The molecule has 1 unspecified atom stereocenters. The number of nitrogens with zero attached hydrogens (tertiary/aromatic N) is 1. The highest BCUT2D eigenvalue weighted by Crippen LogP contribution is 2.30. The van der Waals surface area contributed by atoms with Crippen molar-refractivity contribution >= 4 is 0 Å². The van der Waals surface area contributed by atoms with Gasteiger partial charge in [0.2, 0.25) is 0 Å². The van der Waals surface area contributed by atoms with Crippen molar-refractivity contribution < 1.29 is 0 Å². The van der Waals surface area contributed by atoms with E-state index < -0.39 is 0 Å². The molecular formula is C9H20N2. The summed E-state index contributed by atoms with van der Waals surface area (Å²) in [6, 6.07) is 0.530. The standard InChI is InChI=1S/C9H20N2/c1-5-11-6-7(2)9(4,10)8(11)3/h7-8H,5-6,10H2,1-4H3/t7-,8?,9+/m1/s1. The minimum absolute atomic E-state index is 0.00993. The van der Waals surface area contributed by atoms with Crippen molar-refractivity contribution in [1.29, 1.82) is 0 Å². The van der Waals surface area contributed by atoms with E-state index in [1.165, 1.54) is 0 Å². The lowest BCUT2D eigenvalue weighted by Gasteiger charge is -2.30. The molecule has 2 N–H and O–H groups in total. The van der Waals surface area contributed by atoms with Crippen molar-refractivity contribution in [2.75, 3.05) is 13.1 Å². The first kappa shape index (κ1) is 9.01. The van der Waals surface area contributed by atoms with Crippen LogP contribution in [0.4, 0.5) is 0 Å². The molecule has 2 heteroatoms. The first-order chi connectivity index (χ1) is 5.00. The summed E-state index contributed by atoms with van der Waals surface area (Å²) in [6.45, 7) is 11.1. The molecule has 1 rings (SSSR count). The Morgan fingerprint density at radius 2 is 2.09 bits per heavy atom. The van der Waals surface area contributed by atoms with Crippen molar-refractivity contribution in [1.82, 2.24) is 4.90 Å². The maximum absolute atomic E-state index is 6.19. The molecule has 0 radical (unpaired) electrons. The highest BCUT2D eigenvalue weighted by Gasteiger charge is 2.42. The first-order valence-corrected chi connectivity index (χ1v) is 4.53.